The van der Waals surface area contributed by atoms with Crippen molar-refractivity contribution < 1.29 is 0 Å². The second kappa shape index (κ2) is 2.68. The maximum Gasteiger partial charge on any atom is 0.0947 e. The van der Waals surface area contributed by atoms with Gasteiger partial charge in [-0.05, 0) is 12.1 Å². The summed E-state index contributed by atoms with van der Waals surface area (Å²) in [6.45, 7) is 0. The Kier molecular flexibility index (Phi) is 1.87. The molecule has 0 atom stereocenters. The first-order valence-corrected chi connectivity index (χ1v) is 2.83. The highest BCUT2D eigenvalue weighted by atomic mass is 31.0. The molecule has 0 aliphatic carbocycles. The number of hydrogen-bond acceptors (Lipinski definition) is 1. The van der Waals surface area contributed by atoms with Gasteiger partial charge < -0.3 is 5.09 Å². The lowest BCUT2D eigenvalue weighted by molar-refractivity contribution is 1.69. The van der Waals surface area contributed by atoms with Crippen LogP contribution in [0.5, 0.6) is 0 Å². The largest absolute Gasteiger partial charge is 0.354 e. The number of rotatable bonds is 1. The van der Waals surface area contributed by atoms with E-state index in [1.807, 2.05) is 30.3 Å². The lowest BCUT2D eigenvalue weighted by Gasteiger charge is -1.92. The van der Waals surface area contributed by atoms with Crippen LogP contribution in [0.3, 0.4) is 0 Å². The molecule has 0 heterocycles. The van der Waals surface area contributed by atoms with Crippen LogP contribution in [-0.4, -0.2) is 0 Å². The Labute approximate surface area is 51.4 Å². The Morgan fingerprint density at radius 2 is 1.75 bits per heavy atom. The summed E-state index contributed by atoms with van der Waals surface area (Å²) in [4.78, 5) is 0. The zero-order valence-corrected chi connectivity index (χ0v) is 5.23. The van der Waals surface area contributed by atoms with Gasteiger partial charge >= 0.3 is 0 Å². The monoisotopic (exact) mass is 123 g/mol. The van der Waals surface area contributed by atoms with Crippen LogP contribution in [0, 0.1) is 0 Å². The van der Waals surface area contributed by atoms with Crippen LogP contribution in [0.2, 0.25) is 0 Å². The van der Waals surface area contributed by atoms with Crippen LogP contribution >= 0.6 is 9.39 Å². The van der Waals surface area contributed by atoms with Crippen LogP contribution in [0.15, 0.2) is 30.3 Å². The highest BCUT2D eigenvalue weighted by Gasteiger charge is 1.78. The van der Waals surface area contributed by atoms with Gasteiger partial charge in [0, 0.05) is 5.69 Å². The number of nitrogens with one attached hydrogen (secondary N) is 1. The highest BCUT2D eigenvalue weighted by Crippen LogP contribution is 2.05. The Morgan fingerprint density at radius 3 is 2.12 bits per heavy atom. The van der Waals surface area contributed by atoms with Crippen molar-refractivity contribution in [2.75, 3.05) is 5.09 Å². The molecule has 2 heteroatoms. The molecule has 1 N–H and O–H groups in total. The molecule has 0 bridgehead atoms. The predicted molar refractivity (Wildman–Crippen MR) is 37.0 cm³/mol. The van der Waals surface area contributed by atoms with E-state index in [1.165, 1.54) is 0 Å². The van der Waals surface area contributed by atoms with Gasteiger partial charge in [-0.2, -0.15) is 0 Å². The maximum atomic E-state index is 3.86. The average Bonchev–Trinajstić information content (AvgIpc) is 1.90. The minimum atomic E-state index is 1.02. The minimum Gasteiger partial charge on any atom is -0.354 e. The van der Waals surface area contributed by atoms with Crippen LogP contribution < -0.4 is 5.09 Å². The molecule has 1 aromatic carbocycles. The van der Waals surface area contributed by atoms with Crippen molar-refractivity contribution in [3.05, 3.63) is 30.3 Å². The maximum absolute atomic E-state index is 3.86. The van der Waals surface area contributed by atoms with Gasteiger partial charge in [0.15, 0.2) is 0 Å². The van der Waals surface area contributed by atoms with Crippen LogP contribution in [0.1, 0.15) is 0 Å². The Morgan fingerprint density at radius 1 is 1.12 bits per heavy atom. The predicted octanol–water partition coefficient (Wildman–Crippen LogP) is 2.42. The van der Waals surface area contributed by atoms with Gasteiger partial charge in [-0.15, -0.1) is 0 Å². The smallest absolute Gasteiger partial charge is 0.0947 e. The Balaban J connectivity index is 2.83. The third-order valence-corrected chi connectivity index (χ3v) is 1.16. The fourth-order valence-corrected chi connectivity index (χ4v) is 0.662. The summed E-state index contributed by atoms with van der Waals surface area (Å²) in [6.07, 6.45) is 0. The second-order valence-corrected chi connectivity index (χ2v) is 1.70. The van der Waals surface area contributed by atoms with E-state index in [-0.39, 0.29) is 0 Å². The van der Waals surface area contributed by atoms with Gasteiger partial charge in [0.1, 0.15) is 0 Å². The van der Waals surface area contributed by atoms with Gasteiger partial charge in [-0.25, -0.2) is 0 Å². The molecule has 0 saturated carbocycles. The Hall–Kier alpha value is -0.550. The van der Waals surface area contributed by atoms with E-state index >= 15 is 0 Å². The molecule has 0 aliphatic rings. The molecule has 1 aromatic rings. The zero-order valence-electron chi connectivity index (χ0n) is 4.33. The molecule has 0 aromatic heterocycles. The normalized spacial score (nSPS) is 8.62. The molecule has 0 aliphatic heterocycles. The fourth-order valence-electron chi connectivity index (χ4n) is 0.513. The quantitative estimate of drug-likeness (QED) is 0.565. The molecule has 0 spiro atoms. The molecule has 40 valence electrons. The third kappa shape index (κ3) is 1.21. The van der Waals surface area contributed by atoms with Crippen molar-refractivity contribution in [1.82, 2.24) is 0 Å². The molecule has 0 unspecified atom stereocenters. The summed E-state index contributed by atoms with van der Waals surface area (Å²) < 4.78 is 0. The SMILES string of the molecule is [P]Nc1ccccc1. The number of hydrogen-bond donors (Lipinski definition) is 1. The molecule has 1 nitrogen and oxygen atoms in total. The van der Waals surface area contributed by atoms with Crippen LogP contribution in [-0.2, 0) is 0 Å². The molecular weight excluding hydrogens is 117 g/mol. The summed E-state index contributed by atoms with van der Waals surface area (Å²) in [5.41, 5.74) is 1.02. The van der Waals surface area contributed by atoms with Gasteiger partial charge in [-0.1, -0.05) is 18.2 Å². The van der Waals surface area contributed by atoms with E-state index in [0.717, 1.165) is 5.69 Å². The second-order valence-electron chi connectivity index (χ2n) is 1.48. The van der Waals surface area contributed by atoms with Crippen molar-refractivity contribution in [3.63, 3.8) is 0 Å². The summed E-state index contributed by atoms with van der Waals surface area (Å²) in [5.74, 6) is 0. The number of para-hydroxylation sites is 1. The average molecular weight is 123 g/mol. The minimum absolute atomic E-state index is 1.02. The molecular formula is C6H6NP. The first-order valence-electron chi connectivity index (χ1n) is 2.38. The van der Waals surface area contributed by atoms with E-state index in [9.17, 15) is 0 Å². The van der Waals surface area contributed by atoms with Crippen molar-refractivity contribution in [1.29, 1.82) is 0 Å². The lowest BCUT2D eigenvalue weighted by atomic mass is 10.3. The molecule has 2 radical (unpaired) electrons. The lowest BCUT2D eigenvalue weighted by Crippen LogP contribution is -1.74. The van der Waals surface area contributed by atoms with Crippen LogP contribution in [0.4, 0.5) is 5.69 Å². The number of anilines is 1. The Bertz CT molecular complexity index is 150. The molecule has 0 saturated heterocycles. The summed E-state index contributed by atoms with van der Waals surface area (Å²) in [6, 6.07) is 9.78. The first kappa shape index (κ1) is 5.58. The van der Waals surface area contributed by atoms with Gasteiger partial charge in [0.2, 0.25) is 0 Å². The van der Waals surface area contributed by atoms with Crippen molar-refractivity contribution in [2.45, 2.75) is 0 Å². The molecule has 0 fully saturated rings. The van der Waals surface area contributed by atoms with E-state index in [4.69, 9.17) is 0 Å². The van der Waals surface area contributed by atoms with Gasteiger partial charge in [0.25, 0.3) is 0 Å². The van der Waals surface area contributed by atoms with E-state index in [2.05, 4.69) is 14.5 Å². The number of benzene rings is 1. The van der Waals surface area contributed by atoms with Crippen molar-refractivity contribution >= 4 is 15.1 Å². The van der Waals surface area contributed by atoms with Gasteiger partial charge in [-0.3, -0.25) is 0 Å². The standard InChI is InChI=1S/C6H6NP/c8-7-6-4-2-1-3-5-6/h1-5,7H. The molecule has 1 rings (SSSR count). The zero-order chi connectivity index (χ0) is 5.82. The topological polar surface area (TPSA) is 12.0 Å². The van der Waals surface area contributed by atoms with E-state index in [0.29, 0.717) is 0 Å². The first-order chi connectivity index (χ1) is 3.93. The third-order valence-electron chi connectivity index (χ3n) is 0.903. The summed E-state index contributed by atoms with van der Waals surface area (Å²) >= 11 is 0. The fraction of sp³-hybridized carbons (Fsp3) is 0. The van der Waals surface area contributed by atoms with Crippen LogP contribution in [0.25, 0.3) is 0 Å². The van der Waals surface area contributed by atoms with Crippen molar-refractivity contribution in [2.24, 2.45) is 0 Å². The van der Waals surface area contributed by atoms with Gasteiger partial charge in [0.05, 0.1) is 9.39 Å². The summed E-state index contributed by atoms with van der Waals surface area (Å²) in [5, 5.41) is 2.72. The van der Waals surface area contributed by atoms with E-state index in [1.54, 1.807) is 0 Å². The highest BCUT2D eigenvalue weighted by molar-refractivity contribution is 7.18. The van der Waals surface area contributed by atoms with E-state index < -0.39 is 0 Å². The summed E-state index contributed by atoms with van der Waals surface area (Å²) in [7, 11) is 3.86. The van der Waals surface area contributed by atoms with Crippen molar-refractivity contribution in [3.8, 4) is 0 Å². The molecule has 0 amide bonds. The molecule has 8 heavy (non-hydrogen) atoms.